The molecule has 1 aliphatic heterocycles. The van der Waals surface area contributed by atoms with Gasteiger partial charge in [-0.3, -0.25) is 4.99 Å². The van der Waals surface area contributed by atoms with Crippen LogP contribution in [0.1, 0.15) is 37.3 Å². The molecule has 1 aromatic heterocycles. The Morgan fingerprint density at radius 1 is 1.63 bits per heavy atom. The second-order valence-electron chi connectivity index (χ2n) is 5.60. The average molecular weight is 280 g/mol. The smallest absolute Gasteiger partial charge is 0.193 e. The van der Waals surface area contributed by atoms with Crippen molar-refractivity contribution in [3.05, 3.63) is 16.1 Å². The minimum atomic E-state index is 0.442. The largest absolute Gasteiger partial charge is 0.351 e. The van der Waals surface area contributed by atoms with E-state index >= 15 is 0 Å². The van der Waals surface area contributed by atoms with Crippen LogP contribution in [-0.2, 0) is 6.54 Å². The van der Waals surface area contributed by atoms with Crippen molar-refractivity contribution in [2.75, 3.05) is 20.1 Å². The molecule has 5 heteroatoms. The fraction of sp³-hybridized carbons (Fsp3) is 0.714. The summed E-state index contributed by atoms with van der Waals surface area (Å²) in [4.78, 5) is 12.4. The number of guanidine groups is 1. The Morgan fingerprint density at radius 3 is 2.95 bits per heavy atom. The highest BCUT2D eigenvalue weighted by Crippen LogP contribution is 2.32. The van der Waals surface area contributed by atoms with Gasteiger partial charge in [-0.1, -0.05) is 13.8 Å². The molecule has 4 nitrogen and oxygen atoms in total. The molecule has 106 valence electrons. The highest BCUT2D eigenvalue weighted by molar-refractivity contribution is 7.09. The molecule has 1 aromatic rings. The van der Waals surface area contributed by atoms with Crippen molar-refractivity contribution in [3.8, 4) is 0 Å². The number of aliphatic imine (C=N–C) groups is 1. The van der Waals surface area contributed by atoms with Crippen molar-refractivity contribution < 1.29 is 0 Å². The van der Waals surface area contributed by atoms with Gasteiger partial charge in [0.2, 0.25) is 0 Å². The maximum atomic E-state index is 4.41. The molecule has 1 N–H and O–H groups in total. The van der Waals surface area contributed by atoms with Crippen molar-refractivity contribution >= 4 is 17.3 Å². The van der Waals surface area contributed by atoms with E-state index in [1.54, 1.807) is 11.3 Å². The molecular formula is C14H24N4S. The van der Waals surface area contributed by atoms with Gasteiger partial charge < -0.3 is 10.2 Å². The monoisotopic (exact) mass is 280 g/mol. The number of likely N-dealkylation sites (tertiary alicyclic amines) is 1. The molecule has 0 amide bonds. The van der Waals surface area contributed by atoms with Gasteiger partial charge in [-0.15, -0.1) is 11.3 Å². The Labute approximate surface area is 120 Å². The predicted octanol–water partition coefficient (Wildman–Crippen LogP) is 2.65. The Kier molecular flexibility index (Phi) is 4.45. The van der Waals surface area contributed by atoms with Gasteiger partial charge in [0.15, 0.2) is 5.96 Å². The lowest BCUT2D eigenvalue weighted by atomic mass is 9.87. The summed E-state index contributed by atoms with van der Waals surface area (Å²) in [5, 5.41) is 3.46. The third kappa shape index (κ3) is 3.26. The number of nitrogens with one attached hydrogen (secondary N) is 1. The van der Waals surface area contributed by atoms with Crippen molar-refractivity contribution in [2.24, 2.45) is 10.4 Å². The standard InChI is InChI=1S/C14H24N4S/c1-5-14(3)6-7-18(9-14)13(15-4)16-8-12-11(2)17-10-19-12/h10H,5-9H2,1-4H3,(H,15,16). The van der Waals surface area contributed by atoms with Gasteiger partial charge in [0, 0.05) is 25.0 Å². The van der Waals surface area contributed by atoms with E-state index in [0.29, 0.717) is 5.41 Å². The SMILES string of the molecule is CCC1(C)CCN(C(=NC)NCc2scnc2C)C1. The third-order valence-electron chi connectivity index (χ3n) is 4.17. The molecule has 0 spiro atoms. The van der Waals surface area contributed by atoms with E-state index in [0.717, 1.165) is 31.3 Å². The van der Waals surface area contributed by atoms with Crippen LogP contribution in [0.5, 0.6) is 0 Å². The summed E-state index contributed by atoms with van der Waals surface area (Å²) >= 11 is 1.70. The molecule has 0 aliphatic carbocycles. The van der Waals surface area contributed by atoms with Gasteiger partial charge in [0.25, 0.3) is 0 Å². The zero-order chi connectivity index (χ0) is 13.9. The lowest BCUT2D eigenvalue weighted by Crippen LogP contribution is -2.40. The summed E-state index contributed by atoms with van der Waals surface area (Å²) in [5.74, 6) is 1.02. The Hall–Kier alpha value is -1.10. The molecule has 0 aromatic carbocycles. The second kappa shape index (κ2) is 5.90. The number of nitrogens with zero attached hydrogens (tertiary/aromatic N) is 3. The number of hydrogen-bond donors (Lipinski definition) is 1. The van der Waals surface area contributed by atoms with E-state index in [1.807, 2.05) is 12.6 Å². The first-order valence-electron chi connectivity index (χ1n) is 6.92. The average Bonchev–Trinajstić information content (AvgIpc) is 2.98. The number of hydrogen-bond acceptors (Lipinski definition) is 3. The van der Waals surface area contributed by atoms with Crippen LogP contribution < -0.4 is 5.32 Å². The molecule has 1 fully saturated rings. The summed E-state index contributed by atoms with van der Waals surface area (Å²) < 4.78 is 0. The molecule has 2 rings (SSSR count). The van der Waals surface area contributed by atoms with Crippen molar-refractivity contribution in [1.29, 1.82) is 0 Å². The second-order valence-corrected chi connectivity index (χ2v) is 6.54. The number of thiazole rings is 1. The minimum Gasteiger partial charge on any atom is -0.351 e. The summed E-state index contributed by atoms with van der Waals surface area (Å²) in [6.07, 6.45) is 2.48. The lowest BCUT2D eigenvalue weighted by molar-refractivity contribution is 0.322. The van der Waals surface area contributed by atoms with Crippen molar-refractivity contribution in [1.82, 2.24) is 15.2 Å². The van der Waals surface area contributed by atoms with E-state index in [4.69, 9.17) is 0 Å². The van der Waals surface area contributed by atoms with Gasteiger partial charge >= 0.3 is 0 Å². The van der Waals surface area contributed by atoms with Crippen LogP contribution in [0.25, 0.3) is 0 Å². The fourth-order valence-corrected chi connectivity index (χ4v) is 3.20. The predicted molar refractivity (Wildman–Crippen MR) is 81.6 cm³/mol. The first-order chi connectivity index (χ1) is 9.08. The van der Waals surface area contributed by atoms with Crippen LogP contribution in [0, 0.1) is 12.3 Å². The molecule has 0 radical (unpaired) electrons. The summed E-state index contributed by atoms with van der Waals surface area (Å²) in [6.45, 7) is 9.73. The topological polar surface area (TPSA) is 40.5 Å². The first kappa shape index (κ1) is 14.3. The van der Waals surface area contributed by atoms with Crippen LogP contribution in [-0.4, -0.2) is 36.0 Å². The molecule has 19 heavy (non-hydrogen) atoms. The number of aryl methyl sites for hydroxylation is 1. The zero-order valence-electron chi connectivity index (χ0n) is 12.4. The maximum Gasteiger partial charge on any atom is 0.193 e. The zero-order valence-corrected chi connectivity index (χ0v) is 13.2. The van der Waals surface area contributed by atoms with Gasteiger partial charge in [-0.2, -0.15) is 0 Å². The van der Waals surface area contributed by atoms with E-state index in [-0.39, 0.29) is 0 Å². The highest BCUT2D eigenvalue weighted by atomic mass is 32.1. The molecule has 2 heterocycles. The van der Waals surface area contributed by atoms with Crippen molar-refractivity contribution in [2.45, 2.75) is 40.2 Å². The summed E-state index contributed by atoms with van der Waals surface area (Å²) in [7, 11) is 1.86. The number of rotatable bonds is 3. The molecule has 1 unspecified atom stereocenters. The minimum absolute atomic E-state index is 0.442. The van der Waals surface area contributed by atoms with E-state index in [2.05, 4.69) is 41.0 Å². The molecule has 1 atom stereocenters. The summed E-state index contributed by atoms with van der Waals surface area (Å²) in [6, 6.07) is 0. The Balaban J connectivity index is 1.93. The molecule has 1 aliphatic rings. The molecule has 0 bridgehead atoms. The van der Waals surface area contributed by atoms with E-state index < -0.39 is 0 Å². The van der Waals surface area contributed by atoms with Gasteiger partial charge in [-0.05, 0) is 25.2 Å². The molecular weight excluding hydrogens is 256 g/mol. The molecule has 1 saturated heterocycles. The van der Waals surface area contributed by atoms with Crippen LogP contribution in [0.2, 0.25) is 0 Å². The molecule has 0 saturated carbocycles. The van der Waals surface area contributed by atoms with Crippen LogP contribution in [0.15, 0.2) is 10.5 Å². The normalized spacial score (nSPS) is 24.0. The number of aromatic nitrogens is 1. The van der Waals surface area contributed by atoms with Gasteiger partial charge in [0.05, 0.1) is 17.7 Å². The van der Waals surface area contributed by atoms with Gasteiger partial charge in [-0.25, -0.2) is 4.98 Å². The Morgan fingerprint density at radius 2 is 2.42 bits per heavy atom. The Bertz CT molecular complexity index is 454. The van der Waals surface area contributed by atoms with Crippen LogP contribution >= 0.6 is 11.3 Å². The van der Waals surface area contributed by atoms with Crippen LogP contribution in [0.3, 0.4) is 0 Å². The maximum absolute atomic E-state index is 4.41. The fourth-order valence-electron chi connectivity index (χ4n) is 2.48. The summed E-state index contributed by atoms with van der Waals surface area (Å²) in [5.41, 5.74) is 3.46. The quantitative estimate of drug-likeness (QED) is 0.683. The lowest BCUT2D eigenvalue weighted by Gasteiger charge is -2.25. The van der Waals surface area contributed by atoms with E-state index in [1.165, 1.54) is 17.7 Å². The van der Waals surface area contributed by atoms with Crippen LogP contribution in [0.4, 0.5) is 0 Å². The van der Waals surface area contributed by atoms with E-state index in [9.17, 15) is 0 Å². The highest BCUT2D eigenvalue weighted by Gasteiger charge is 2.33. The third-order valence-corrected chi connectivity index (χ3v) is 5.11. The van der Waals surface area contributed by atoms with Crippen molar-refractivity contribution in [3.63, 3.8) is 0 Å². The van der Waals surface area contributed by atoms with Gasteiger partial charge in [0.1, 0.15) is 0 Å². The first-order valence-corrected chi connectivity index (χ1v) is 7.80.